The van der Waals surface area contributed by atoms with E-state index < -0.39 is 254 Å². The number of fused-ring (bicyclic) bond motifs is 7. The number of carboxylic acids is 1. The number of allylic oxidation sites excluding steroid dienone is 4. The van der Waals surface area contributed by atoms with E-state index in [4.69, 9.17) is 56.8 Å². The van der Waals surface area contributed by atoms with E-state index in [1.54, 1.807) is 39.8 Å². The van der Waals surface area contributed by atoms with Crippen LogP contribution in [-0.2, 0) is 71.2 Å². The maximum atomic E-state index is 14.0. The quantitative estimate of drug-likeness (QED) is 0.0317. The van der Waals surface area contributed by atoms with E-state index in [-0.39, 0.29) is 24.7 Å². The van der Waals surface area contributed by atoms with Crippen LogP contribution in [0.4, 0.5) is 0 Å². The van der Waals surface area contributed by atoms with E-state index in [0.717, 1.165) is 5.57 Å². The molecule has 36 atom stereocenters. The Hall–Kier alpha value is -3.37. The fourth-order valence-corrected chi connectivity index (χ4v) is 19.2. The molecular formula is C70H110O31. The van der Waals surface area contributed by atoms with Gasteiger partial charge in [-0.15, -0.1) is 0 Å². The summed E-state index contributed by atoms with van der Waals surface area (Å²) in [6, 6.07) is 0. The van der Waals surface area contributed by atoms with Crippen molar-refractivity contribution < 1.29 is 153 Å². The van der Waals surface area contributed by atoms with E-state index in [9.17, 15) is 96.1 Å². The first-order chi connectivity index (χ1) is 47.2. The zero-order valence-electron chi connectivity index (χ0n) is 59.6. The molecule has 5 saturated heterocycles. The highest BCUT2D eigenvalue weighted by molar-refractivity contribution is 5.89. The Kier molecular flexibility index (Phi) is 23.8. The average molecular weight is 1450 g/mol. The lowest BCUT2D eigenvalue weighted by Gasteiger charge is -2.72. The van der Waals surface area contributed by atoms with Crippen LogP contribution in [0.5, 0.6) is 0 Å². The Balaban J connectivity index is 0.955. The van der Waals surface area contributed by atoms with Crippen molar-refractivity contribution >= 4 is 17.9 Å². The lowest BCUT2D eigenvalue weighted by atomic mass is 9.33. The van der Waals surface area contributed by atoms with Crippen molar-refractivity contribution in [2.75, 3.05) is 19.8 Å². The van der Waals surface area contributed by atoms with Gasteiger partial charge in [-0.2, -0.15) is 0 Å². The zero-order valence-corrected chi connectivity index (χ0v) is 59.6. The predicted octanol–water partition coefficient (Wildman–Crippen LogP) is -1.64. The van der Waals surface area contributed by atoms with Gasteiger partial charge in [0.25, 0.3) is 0 Å². The van der Waals surface area contributed by atoms with Crippen LogP contribution in [0.2, 0.25) is 0 Å². The fraction of sp³-hybridized carbons (Fsp3) is 0.871. The third kappa shape index (κ3) is 13.7. The van der Waals surface area contributed by atoms with E-state index in [2.05, 4.69) is 26.8 Å². The second kappa shape index (κ2) is 30.0. The Morgan fingerprint density at radius 1 is 0.525 bits per heavy atom. The van der Waals surface area contributed by atoms with Crippen molar-refractivity contribution in [1.29, 1.82) is 0 Å². The van der Waals surface area contributed by atoms with Gasteiger partial charge in [0.1, 0.15) is 110 Å². The summed E-state index contributed by atoms with van der Waals surface area (Å²) in [5.74, 6) is -3.86. The highest BCUT2D eigenvalue weighted by Gasteiger charge is 2.74. The van der Waals surface area contributed by atoms with E-state index in [1.807, 2.05) is 27.7 Å². The van der Waals surface area contributed by atoms with Crippen LogP contribution in [0, 0.1) is 50.2 Å². The number of esters is 2. The van der Waals surface area contributed by atoms with Crippen LogP contribution < -0.4 is 0 Å². The second-order valence-electron chi connectivity index (χ2n) is 32.0. The fourth-order valence-electron chi connectivity index (χ4n) is 19.2. The van der Waals surface area contributed by atoms with E-state index >= 15 is 0 Å². The summed E-state index contributed by atoms with van der Waals surface area (Å²) < 4.78 is 73.9. The standard InChI is InChI=1S/C70H110O31/c1-14-27(3)58(88)100-55-56(101-59(89)28(4)15-2)70(26-73)32(22-65(55,7)8)31-16-17-36-67(11)20-19-38(66(9,10)35(67)18-21-68(36,12)69(31,13)23-37(70)74)94-64-53(97-61-48(84)44(80)41(77)33(24-71)92-61)49(85)50(54(99-64)57(86)87)95-63-52(46(82)42(78)34(25-72)93-63)98-62-51(45(81)40(76)30(6)91-62)96-60-47(83)43(79)39(75)29(5)90-60/h14-16,29-30,32-56,60-64,71-85H,17-26H2,1-13H3,(H,86,87). The summed E-state index contributed by atoms with van der Waals surface area (Å²) in [5.41, 5.74) is -3.29. The number of ether oxygens (including phenoxy) is 12. The normalized spacial score (nSPS) is 50.7. The van der Waals surface area contributed by atoms with Crippen molar-refractivity contribution in [1.82, 2.24) is 0 Å². The Morgan fingerprint density at radius 3 is 1.54 bits per heavy atom. The highest BCUT2D eigenvalue weighted by Crippen LogP contribution is 2.76. The van der Waals surface area contributed by atoms with Crippen molar-refractivity contribution in [2.45, 2.75) is 313 Å². The van der Waals surface area contributed by atoms with Crippen LogP contribution in [0.3, 0.4) is 0 Å². The number of carboxylic acid groups (broad SMARTS) is 1. The first-order valence-electron chi connectivity index (χ1n) is 35.4. The van der Waals surface area contributed by atoms with Crippen LogP contribution >= 0.6 is 0 Å². The van der Waals surface area contributed by atoms with E-state index in [1.165, 1.54) is 13.8 Å². The third-order valence-electron chi connectivity index (χ3n) is 25.8. The third-order valence-corrected chi connectivity index (χ3v) is 25.8. The van der Waals surface area contributed by atoms with Crippen LogP contribution in [0.25, 0.3) is 0 Å². The topological polar surface area (TPSA) is 486 Å². The molecule has 10 rings (SSSR count). The molecule has 5 heterocycles. The molecular weight excluding hydrogens is 1340 g/mol. The summed E-state index contributed by atoms with van der Waals surface area (Å²) in [5, 5.41) is 180. The Morgan fingerprint density at radius 2 is 0.990 bits per heavy atom. The predicted molar refractivity (Wildman–Crippen MR) is 344 cm³/mol. The van der Waals surface area contributed by atoms with Crippen molar-refractivity contribution in [3.63, 3.8) is 0 Å². The molecule has 0 bridgehead atoms. The minimum absolute atomic E-state index is 0.0596. The molecule has 576 valence electrons. The molecule has 5 aliphatic carbocycles. The molecule has 31 nitrogen and oxygen atoms in total. The molecule has 4 saturated carbocycles. The lowest BCUT2D eigenvalue weighted by Crippen LogP contribution is -2.72. The molecule has 5 aliphatic heterocycles. The molecule has 0 radical (unpaired) electrons. The summed E-state index contributed by atoms with van der Waals surface area (Å²) >= 11 is 0. The summed E-state index contributed by atoms with van der Waals surface area (Å²) in [6.07, 6.45) is -43.8. The first kappa shape index (κ1) is 80.2. The molecule has 0 aromatic heterocycles. The summed E-state index contributed by atoms with van der Waals surface area (Å²) in [6.45, 7) is 21.3. The van der Waals surface area contributed by atoms with Gasteiger partial charge in [-0.05, 0) is 126 Å². The average Bonchev–Trinajstić information content (AvgIpc) is 0.668. The number of aliphatic hydroxyl groups excluding tert-OH is 15. The highest BCUT2D eigenvalue weighted by atomic mass is 16.8. The van der Waals surface area contributed by atoms with Crippen LogP contribution in [0.1, 0.15) is 135 Å². The van der Waals surface area contributed by atoms with Crippen molar-refractivity contribution in [3.8, 4) is 0 Å². The number of aliphatic carboxylic acids is 1. The second-order valence-corrected chi connectivity index (χ2v) is 32.0. The molecule has 0 spiro atoms. The monoisotopic (exact) mass is 1450 g/mol. The van der Waals surface area contributed by atoms with Gasteiger partial charge in [0, 0.05) is 16.6 Å². The number of hydrogen-bond acceptors (Lipinski definition) is 30. The molecule has 101 heavy (non-hydrogen) atoms. The maximum Gasteiger partial charge on any atom is 0.335 e. The number of carbonyl (C=O) groups is 3. The molecule has 0 amide bonds. The SMILES string of the molecule is CC=C(C)C(=O)OC1C(OC(=O)C(C)=CC)C2(CO)C(O)CC3(C)C(=CCC4C5(C)CCC(OC6OC(C(=O)O)C(OC7OC(CO)C(O)C(O)C7OC7OC(C)C(O)C(O)C7OC7OC(C)C(O)C(O)C7O)C(O)C6OC6OC(CO)C(O)C(O)C6O)C(C)(C)C5CCC43C)C2CC1(C)C. The number of carbonyl (C=O) groups excluding carboxylic acids is 2. The van der Waals surface area contributed by atoms with Gasteiger partial charge < -0.3 is 139 Å². The van der Waals surface area contributed by atoms with Gasteiger partial charge in [0.2, 0.25) is 0 Å². The molecule has 0 aromatic rings. The number of hydrogen-bond donors (Lipinski definition) is 16. The minimum Gasteiger partial charge on any atom is -0.479 e. The van der Waals surface area contributed by atoms with Gasteiger partial charge >= 0.3 is 17.9 Å². The van der Waals surface area contributed by atoms with E-state index in [0.29, 0.717) is 43.3 Å². The van der Waals surface area contributed by atoms with Gasteiger partial charge in [0.15, 0.2) is 43.7 Å². The largest absolute Gasteiger partial charge is 0.479 e. The summed E-state index contributed by atoms with van der Waals surface area (Å²) in [4.78, 5) is 41.4. The molecule has 0 aromatic carbocycles. The Labute approximate surface area is 586 Å². The molecule has 10 aliphatic rings. The molecule has 9 fully saturated rings. The van der Waals surface area contributed by atoms with Crippen LogP contribution in [0.15, 0.2) is 34.9 Å². The maximum absolute atomic E-state index is 14.0. The van der Waals surface area contributed by atoms with Gasteiger partial charge in [0.05, 0.1) is 49.7 Å². The van der Waals surface area contributed by atoms with Gasteiger partial charge in [-0.3, -0.25) is 0 Å². The van der Waals surface area contributed by atoms with Crippen LogP contribution in [-0.4, -0.2) is 297 Å². The van der Waals surface area contributed by atoms with Gasteiger partial charge in [-0.1, -0.05) is 72.3 Å². The Bertz CT molecular complexity index is 3030. The molecule has 36 unspecified atom stereocenters. The van der Waals surface area contributed by atoms with Gasteiger partial charge in [-0.25, -0.2) is 14.4 Å². The van der Waals surface area contributed by atoms with Crippen molar-refractivity contribution in [3.05, 3.63) is 34.9 Å². The zero-order chi connectivity index (χ0) is 74.6. The number of rotatable bonds is 18. The first-order valence-corrected chi connectivity index (χ1v) is 35.4. The summed E-state index contributed by atoms with van der Waals surface area (Å²) in [7, 11) is 0. The van der Waals surface area contributed by atoms with Crippen molar-refractivity contribution in [2.24, 2.45) is 50.2 Å². The number of aliphatic hydroxyl groups is 15. The molecule has 16 N–H and O–H groups in total. The lowest BCUT2D eigenvalue weighted by molar-refractivity contribution is -0.408. The smallest absolute Gasteiger partial charge is 0.335 e. The minimum atomic E-state index is -2.31. The molecule has 31 heteroatoms.